The molecule has 7 nitrogen and oxygen atoms in total. The van der Waals surface area contributed by atoms with E-state index in [0.29, 0.717) is 32.2 Å². The maximum Gasteiger partial charge on any atom is 0.254 e. The fourth-order valence-electron chi connectivity index (χ4n) is 4.23. The monoisotopic (exact) mass is 356 g/mol. The Morgan fingerprint density at radius 3 is 2.58 bits per heavy atom. The van der Waals surface area contributed by atoms with Crippen molar-refractivity contribution >= 4 is 16.9 Å². The summed E-state index contributed by atoms with van der Waals surface area (Å²) in [6.07, 6.45) is 3.77. The van der Waals surface area contributed by atoms with Crippen LogP contribution in [-0.4, -0.2) is 57.7 Å². The second kappa shape index (κ2) is 5.76. The van der Waals surface area contributed by atoms with Crippen LogP contribution in [0.5, 0.6) is 0 Å². The van der Waals surface area contributed by atoms with E-state index in [0.717, 1.165) is 53.7 Å². The van der Waals surface area contributed by atoms with Crippen molar-refractivity contribution in [2.24, 2.45) is 7.05 Å². The van der Waals surface area contributed by atoms with E-state index in [1.807, 2.05) is 24.9 Å². The molecule has 2 aromatic heterocycles. The van der Waals surface area contributed by atoms with Crippen LogP contribution in [0.3, 0.4) is 0 Å². The second-order valence-electron chi connectivity index (χ2n) is 7.68. The normalized spacial score (nSPS) is 22.5. The Morgan fingerprint density at radius 1 is 1.23 bits per heavy atom. The summed E-state index contributed by atoms with van der Waals surface area (Å²) in [5, 5.41) is 5.39. The highest BCUT2D eigenvalue weighted by atomic mass is 16.7. The molecule has 0 N–H and O–H groups in total. The van der Waals surface area contributed by atoms with Crippen LogP contribution in [0.1, 0.15) is 53.3 Å². The number of likely N-dealkylation sites (tertiary alicyclic amines) is 1. The molecule has 7 heteroatoms. The highest BCUT2D eigenvalue weighted by molar-refractivity contribution is 6.06. The van der Waals surface area contributed by atoms with Crippen LogP contribution >= 0.6 is 0 Å². The number of fused-ring (bicyclic) bond motifs is 1. The number of nitrogens with zero attached hydrogens (tertiary/aromatic N) is 4. The van der Waals surface area contributed by atoms with Crippen molar-refractivity contribution in [3.63, 3.8) is 0 Å². The zero-order chi connectivity index (χ0) is 17.9. The van der Waals surface area contributed by atoms with E-state index in [9.17, 15) is 4.79 Å². The van der Waals surface area contributed by atoms with Crippen LogP contribution in [0, 0.1) is 6.92 Å². The lowest BCUT2D eigenvalue weighted by Crippen LogP contribution is -2.47. The minimum Gasteiger partial charge on any atom is -0.347 e. The SMILES string of the molecule is Cc1nn(C)c2nc(C3CC3)cc(C(=O)N3CCC4(CC3)OCCO4)c12. The Bertz CT molecular complexity index is 871. The van der Waals surface area contributed by atoms with Crippen molar-refractivity contribution in [3.8, 4) is 0 Å². The molecule has 1 spiro atoms. The van der Waals surface area contributed by atoms with Gasteiger partial charge in [-0.15, -0.1) is 0 Å². The van der Waals surface area contributed by atoms with Gasteiger partial charge in [-0.3, -0.25) is 9.48 Å². The number of hydrogen-bond donors (Lipinski definition) is 0. The minimum absolute atomic E-state index is 0.0725. The third kappa shape index (κ3) is 2.53. The zero-order valence-electron chi connectivity index (χ0n) is 15.3. The molecule has 2 saturated heterocycles. The molecule has 3 aliphatic rings. The Balaban J connectivity index is 1.49. The number of piperidine rings is 1. The summed E-state index contributed by atoms with van der Waals surface area (Å²) in [5.41, 5.74) is 3.44. The number of carbonyl (C=O) groups is 1. The van der Waals surface area contributed by atoms with Crippen LogP contribution in [0.15, 0.2) is 6.07 Å². The third-order valence-electron chi connectivity index (χ3n) is 5.84. The van der Waals surface area contributed by atoms with Gasteiger partial charge in [-0.2, -0.15) is 5.10 Å². The molecule has 0 radical (unpaired) electrons. The summed E-state index contributed by atoms with van der Waals surface area (Å²) in [6.45, 7) is 4.56. The lowest BCUT2D eigenvalue weighted by Gasteiger charge is -2.37. The molecule has 4 heterocycles. The molecule has 0 atom stereocenters. The highest BCUT2D eigenvalue weighted by Crippen LogP contribution is 2.41. The van der Waals surface area contributed by atoms with Gasteiger partial charge in [-0.25, -0.2) is 4.98 Å². The third-order valence-corrected chi connectivity index (χ3v) is 5.84. The number of ether oxygens (including phenoxy) is 2. The quantitative estimate of drug-likeness (QED) is 0.824. The summed E-state index contributed by atoms with van der Waals surface area (Å²) >= 11 is 0. The fourth-order valence-corrected chi connectivity index (χ4v) is 4.23. The number of rotatable bonds is 2. The van der Waals surface area contributed by atoms with Crippen LogP contribution in [-0.2, 0) is 16.5 Å². The molecule has 0 unspecified atom stereocenters. The Hall–Kier alpha value is -1.99. The van der Waals surface area contributed by atoms with E-state index in [1.54, 1.807) is 4.68 Å². The van der Waals surface area contributed by atoms with E-state index in [2.05, 4.69) is 5.10 Å². The van der Waals surface area contributed by atoms with Crippen LogP contribution in [0.2, 0.25) is 0 Å². The Kier molecular flexibility index (Phi) is 3.59. The lowest BCUT2D eigenvalue weighted by atomic mass is 10.0. The van der Waals surface area contributed by atoms with Gasteiger partial charge in [0.25, 0.3) is 5.91 Å². The number of carbonyl (C=O) groups excluding carboxylic acids is 1. The largest absolute Gasteiger partial charge is 0.347 e. The zero-order valence-corrected chi connectivity index (χ0v) is 15.3. The molecule has 5 rings (SSSR count). The Labute approximate surface area is 152 Å². The highest BCUT2D eigenvalue weighted by Gasteiger charge is 2.41. The first kappa shape index (κ1) is 16.2. The molecule has 1 amide bonds. The summed E-state index contributed by atoms with van der Waals surface area (Å²) in [4.78, 5) is 20.1. The van der Waals surface area contributed by atoms with Gasteiger partial charge >= 0.3 is 0 Å². The van der Waals surface area contributed by atoms with E-state index >= 15 is 0 Å². The van der Waals surface area contributed by atoms with Gasteiger partial charge in [0.1, 0.15) is 0 Å². The summed E-state index contributed by atoms with van der Waals surface area (Å²) < 4.78 is 13.4. The molecular formula is C19H24N4O3. The fraction of sp³-hybridized carbons (Fsp3) is 0.632. The summed E-state index contributed by atoms with van der Waals surface area (Å²) in [5.74, 6) is 0.0996. The van der Waals surface area contributed by atoms with E-state index in [1.165, 1.54) is 0 Å². The topological polar surface area (TPSA) is 69.5 Å². The predicted octanol–water partition coefficient (Wildman–Crippen LogP) is 2.13. The van der Waals surface area contributed by atoms with Gasteiger partial charge < -0.3 is 14.4 Å². The lowest BCUT2D eigenvalue weighted by molar-refractivity contribution is -0.181. The number of hydrogen-bond acceptors (Lipinski definition) is 5. The average Bonchev–Trinajstić information content (AvgIpc) is 3.34. The molecule has 0 bridgehead atoms. The number of amides is 1. The van der Waals surface area contributed by atoms with Crippen LogP contribution < -0.4 is 0 Å². The van der Waals surface area contributed by atoms with Crippen molar-refractivity contribution in [2.75, 3.05) is 26.3 Å². The number of aryl methyl sites for hydroxylation is 2. The van der Waals surface area contributed by atoms with Gasteiger partial charge in [0.2, 0.25) is 0 Å². The Morgan fingerprint density at radius 2 is 1.92 bits per heavy atom. The molecule has 0 aromatic carbocycles. The van der Waals surface area contributed by atoms with Crippen molar-refractivity contribution in [2.45, 2.75) is 44.3 Å². The van der Waals surface area contributed by atoms with Gasteiger partial charge in [0.15, 0.2) is 11.4 Å². The first-order chi connectivity index (χ1) is 12.6. The van der Waals surface area contributed by atoms with E-state index in [-0.39, 0.29) is 5.91 Å². The van der Waals surface area contributed by atoms with Crippen molar-refractivity contribution in [3.05, 3.63) is 23.0 Å². The van der Waals surface area contributed by atoms with Crippen LogP contribution in [0.4, 0.5) is 0 Å². The molecule has 2 aromatic rings. The maximum atomic E-state index is 13.4. The molecule has 3 fully saturated rings. The molecule has 26 heavy (non-hydrogen) atoms. The predicted molar refractivity (Wildman–Crippen MR) is 95.0 cm³/mol. The van der Waals surface area contributed by atoms with Crippen molar-refractivity contribution < 1.29 is 14.3 Å². The summed E-state index contributed by atoms with van der Waals surface area (Å²) in [6, 6.07) is 2.00. The first-order valence-corrected chi connectivity index (χ1v) is 9.48. The molecule has 1 saturated carbocycles. The minimum atomic E-state index is -0.465. The first-order valence-electron chi connectivity index (χ1n) is 9.48. The van der Waals surface area contributed by atoms with Gasteiger partial charge in [0.05, 0.1) is 29.9 Å². The average molecular weight is 356 g/mol. The maximum absolute atomic E-state index is 13.4. The van der Waals surface area contributed by atoms with Gasteiger partial charge in [-0.05, 0) is 25.8 Å². The van der Waals surface area contributed by atoms with E-state index in [4.69, 9.17) is 14.5 Å². The van der Waals surface area contributed by atoms with Crippen molar-refractivity contribution in [1.82, 2.24) is 19.7 Å². The van der Waals surface area contributed by atoms with Crippen LogP contribution in [0.25, 0.3) is 11.0 Å². The second-order valence-corrected chi connectivity index (χ2v) is 7.68. The smallest absolute Gasteiger partial charge is 0.254 e. The summed E-state index contributed by atoms with van der Waals surface area (Å²) in [7, 11) is 1.90. The molecular weight excluding hydrogens is 332 g/mol. The standard InChI is InChI=1S/C19H24N4O3/c1-12-16-14(11-15(13-3-4-13)20-17(16)22(2)21-12)18(24)23-7-5-19(6-8-23)25-9-10-26-19/h11,13H,3-10H2,1-2H3. The van der Waals surface area contributed by atoms with Gasteiger partial charge in [-0.1, -0.05) is 0 Å². The van der Waals surface area contributed by atoms with Gasteiger partial charge in [0, 0.05) is 44.6 Å². The molecule has 138 valence electrons. The van der Waals surface area contributed by atoms with Crippen molar-refractivity contribution in [1.29, 1.82) is 0 Å². The van der Waals surface area contributed by atoms with E-state index < -0.39 is 5.79 Å². The number of aromatic nitrogens is 3. The molecule has 2 aliphatic heterocycles. The molecule has 1 aliphatic carbocycles. The number of pyridine rings is 1.